The summed E-state index contributed by atoms with van der Waals surface area (Å²) in [5.74, 6) is 0.896. The third-order valence-electron chi connectivity index (χ3n) is 4.51. The van der Waals surface area contributed by atoms with Crippen molar-refractivity contribution in [3.05, 3.63) is 78.1 Å². The van der Waals surface area contributed by atoms with E-state index in [2.05, 4.69) is 53.0 Å². The molecule has 0 atom stereocenters. The molecule has 142 valence electrons. The Morgan fingerprint density at radius 2 is 1.93 bits per heavy atom. The lowest BCUT2D eigenvalue weighted by Gasteiger charge is -2.11. The lowest BCUT2D eigenvalue weighted by atomic mass is 10.2. The maximum Gasteiger partial charge on any atom is 0.140 e. The Morgan fingerprint density at radius 1 is 1.07 bits per heavy atom. The van der Waals surface area contributed by atoms with Gasteiger partial charge in [0, 0.05) is 29.7 Å². The van der Waals surface area contributed by atoms with Gasteiger partial charge in [0.05, 0.1) is 23.5 Å². The van der Waals surface area contributed by atoms with Crippen molar-refractivity contribution in [3.8, 4) is 5.69 Å². The molecule has 0 saturated heterocycles. The number of fused-ring (bicyclic) bond motifs is 1. The Kier molecular flexibility index (Phi) is 5.60. The van der Waals surface area contributed by atoms with Crippen molar-refractivity contribution in [3.63, 3.8) is 0 Å². The first-order chi connectivity index (χ1) is 13.8. The summed E-state index contributed by atoms with van der Waals surface area (Å²) in [4.78, 5) is 5.61. The number of benzene rings is 2. The Balaban J connectivity index is 1.68. The molecule has 0 radical (unpaired) electrons. The molecule has 0 spiro atoms. The highest BCUT2D eigenvalue weighted by Gasteiger charge is 2.13. The topological polar surface area (TPSA) is 52.0 Å². The van der Waals surface area contributed by atoms with Crippen LogP contribution in [0.5, 0.6) is 0 Å². The van der Waals surface area contributed by atoms with Crippen LogP contribution in [0.2, 0.25) is 0 Å². The Morgan fingerprint density at radius 3 is 2.71 bits per heavy atom. The van der Waals surface area contributed by atoms with Crippen LogP contribution in [0.1, 0.15) is 18.2 Å². The van der Waals surface area contributed by atoms with E-state index >= 15 is 0 Å². The highest BCUT2D eigenvalue weighted by atomic mass is 32.2. The standard InChI is InChI=1S/C22H22N4OS/c1-3-16-9-11-18(12-10-16)28-25-22-14-17(15-27-2)24-26(22)21-8-4-7-20-19(21)6-5-13-23-20/h4-14,25H,3,15H2,1-2H3. The molecule has 2 aromatic heterocycles. The molecule has 4 rings (SSSR count). The molecule has 0 aliphatic heterocycles. The van der Waals surface area contributed by atoms with Gasteiger partial charge in [0.25, 0.3) is 0 Å². The molecule has 28 heavy (non-hydrogen) atoms. The number of anilines is 1. The van der Waals surface area contributed by atoms with E-state index in [1.165, 1.54) is 5.56 Å². The first-order valence-corrected chi connectivity index (χ1v) is 10.0. The Bertz CT molecular complexity index is 1070. The fourth-order valence-electron chi connectivity index (χ4n) is 3.08. The fourth-order valence-corrected chi connectivity index (χ4v) is 3.72. The predicted molar refractivity (Wildman–Crippen MR) is 115 cm³/mol. The molecule has 0 aliphatic rings. The van der Waals surface area contributed by atoms with E-state index in [1.807, 2.05) is 28.9 Å². The average Bonchev–Trinajstić information content (AvgIpc) is 3.15. The molecule has 5 nitrogen and oxygen atoms in total. The molecular formula is C22H22N4OS. The quantitative estimate of drug-likeness (QED) is 0.437. The summed E-state index contributed by atoms with van der Waals surface area (Å²) >= 11 is 1.57. The number of pyridine rings is 1. The predicted octanol–water partition coefficient (Wildman–Crippen LogP) is 5.25. The summed E-state index contributed by atoms with van der Waals surface area (Å²) in [7, 11) is 1.68. The lowest BCUT2D eigenvalue weighted by Crippen LogP contribution is -2.03. The normalized spacial score (nSPS) is 11.1. The first kappa shape index (κ1) is 18.5. The fraction of sp³-hybridized carbons (Fsp3) is 0.182. The molecule has 4 aromatic rings. The van der Waals surface area contributed by atoms with Gasteiger partial charge in [-0.25, -0.2) is 4.68 Å². The van der Waals surface area contributed by atoms with Gasteiger partial charge in [-0.1, -0.05) is 25.1 Å². The minimum Gasteiger partial charge on any atom is -0.378 e. The number of hydrogen-bond acceptors (Lipinski definition) is 5. The van der Waals surface area contributed by atoms with Crippen molar-refractivity contribution >= 4 is 28.7 Å². The second-order valence-corrected chi connectivity index (χ2v) is 7.29. The van der Waals surface area contributed by atoms with Crippen molar-refractivity contribution in [2.24, 2.45) is 0 Å². The third kappa shape index (κ3) is 3.88. The van der Waals surface area contributed by atoms with E-state index < -0.39 is 0 Å². The van der Waals surface area contributed by atoms with Crippen LogP contribution in [0, 0.1) is 0 Å². The molecule has 0 amide bonds. The van der Waals surface area contributed by atoms with Gasteiger partial charge in [0.15, 0.2) is 0 Å². The zero-order valence-corrected chi connectivity index (χ0v) is 16.7. The minimum absolute atomic E-state index is 0.459. The maximum absolute atomic E-state index is 5.29. The number of rotatable bonds is 7. The molecule has 1 N–H and O–H groups in total. The van der Waals surface area contributed by atoms with Gasteiger partial charge >= 0.3 is 0 Å². The number of hydrogen-bond donors (Lipinski definition) is 1. The van der Waals surface area contributed by atoms with Crippen LogP contribution in [0.3, 0.4) is 0 Å². The second kappa shape index (κ2) is 8.46. The van der Waals surface area contributed by atoms with Crippen LogP contribution in [0.15, 0.2) is 71.8 Å². The first-order valence-electron chi connectivity index (χ1n) is 9.22. The monoisotopic (exact) mass is 390 g/mol. The van der Waals surface area contributed by atoms with Crippen molar-refractivity contribution < 1.29 is 4.74 Å². The summed E-state index contributed by atoms with van der Waals surface area (Å²) in [5, 5.41) is 5.80. The highest BCUT2D eigenvalue weighted by molar-refractivity contribution is 8.00. The maximum atomic E-state index is 5.29. The van der Waals surface area contributed by atoms with Gasteiger partial charge in [-0.3, -0.25) is 4.98 Å². The van der Waals surface area contributed by atoms with E-state index in [0.29, 0.717) is 6.61 Å². The number of nitrogens with zero attached hydrogens (tertiary/aromatic N) is 3. The minimum atomic E-state index is 0.459. The van der Waals surface area contributed by atoms with Gasteiger partial charge < -0.3 is 9.46 Å². The van der Waals surface area contributed by atoms with E-state index in [9.17, 15) is 0 Å². The molecule has 6 heteroatoms. The van der Waals surface area contributed by atoms with Gasteiger partial charge in [0.1, 0.15) is 5.82 Å². The third-order valence-corrected chi connectivity index (χ3v) is 5.33. The van der Waals surface area contributed by atoms with Crippen LogP contribution >= 0.6 is 11.9 Å². The van der Waals surface area contributed by atoms with Gasteiger partial charge in [-0.2, -0.15) is 5.10 Å². The molecule has 0 aliphatic carbocycles. The summed E-state index contributed by atoms with van der Waals surface area (Å²) in [5.41, 5.74) is 4.13. The van der Waals surface area contributed by atoms with Gasteiger partial charge in [-0.15, -0.1) is 0 Å². The van der Waals surface area contributed by atoms with E-state index in [-0.39, 0.29) is 0 Å². The van der Waals surface area contributed by atoms with Crippen molar-refractivity contribution in [1.29, 1.82) is 0 Å². The van der Waals surface area contributed by atoms with Crippen molar-refractivity contribution in [2.75, 3.05) is 11.8 Å². The number of ether oxygens (including phenoxy) is 1. The molecular weight excluding hydrogens is 368 g/mol. The zero-order chi connectivity index (χ0) is 19.3. The Hall–Kier alpha value is -2.83. The number of aryl methyl sites for hydroxylation is 1. The lowest BCUT2D eigenvalue weighted by molar-refractivity contribution is 0.181. The largest absolute Gasteiger partial charge is 0.378 e. The number of nitrogens with one attached hydrogen (secondary N) is 1. The van der Waals surface area contributed by atoms with E-state index in [1.54, 1.807) is 25.3 Å². The zero-order valence-electron chi connectivity index (χ0n) is 15.9. The van der Waals surface area contributed by atoms with Crippen molar-refractivity contribution in [1.82, 2.24) is 14.8 Å². The molecule has 0 unspecified atom stereocenters. The molecule has 0 bridgehead atoms. The number of methoxy groups -OCH3 is 1. The SMILES string of the molecule is CCc1ccc(SNc2cc(COC)nn2-c2cccc3ncccc23)cc1. The van der Waals surface area contributed by atoms with Crippen LogP contribution in [0.25, 0.3) is 16.6 Å². The van der Waals surface area contributed by atoms with Crippen LogP contribution < -0.4 is 4.72 Å². The summed E-state index contributed by atoms with van der Waals surface area (Å²) in [6.07, 6.45) is 2.85. The van der Waals surface area contributed by atoms with Crippen LogP contribution in [0.4, 0.5) is 5.82 Å². The Labute approximate surface area is 168 Å². The van der Waals surface area contributed by atoms with E-state index in [4.69, 9.17) is 9.84 Å². The highest BCUT2D eigenvalue weighted by Crippen LogP contribution is 2.28. The summed E-state index contributed by atoms with van der Waals surface area (Å²) in [6, 6.07) is 20.7. The molecule has 2 heterocycles. The van der Waals surface area contributed by atoms with Gasteiger partial charge in [0.2, 0.25) is 0 Å². The van der Waals surface area contributed by atoms with E-state index in [0.717, 1.165) is 39.4 Å². The molecule has 0 fully saturated rings. The summed E-state index contributed by atoms with van der Waals surface area (Å²) < 4.78 is 10.7. The van der Waals surface area contributed by atoms with Crippen LogP contribution in [-0.2, 0) is 17.8 Å². The van der Waals surface area contributed by atoms with Gasteiger partial charge in [-0.05, 0) is 60.3 Å². The summed E-state index contributed by atoms with van der Waals surface area (Å²) in [6.45, 7) is 2.62. The average molecular weight is 391 g/mol. The number of aromatic nitrogens is 3. The van der Waals surface area contributed by atoms with Crippen LogP contribution in [-0.4, -0.2) is 21.9 Å². The molecule has 0 saturated carbocycles. The van der Waals surface area contributed by atoms with Crippen molar-refractivity contribution in [2.45, 2.75) is 24.8 Å². The second-order valence-electron chi connectivity index (χ2n) is 6.41. The molecule has 2 aromatic carbocycles. The smallest absolute Gasteiger partial charge is 0.140 e.